The molecule has 12 rings (SSSR count). The number of H-pyrrole nitrogens is 1. The smallest absolute Gasteiger partial charge is 0.466 e. The number of aromatic nitrogens is 4. The van der Waals surface area contributed by atoms with E-state index >= 15 is 0 Å². The number of β-amino-alcohol motifs (C(OH)–C–C–N with tert-alkyl or cyclic N) is 2. The maximum absolute atomic E-state index is 11.8. The molecule has 0 aliphatic carbocycles. The predicted octanol–water partition coefficient (Wildman–Crippen LogP) is 3.99. The number of pyridine rings is 1. The molecule has 7 aliphatic rings. The van der Waals surface area contributed by atoms with Gasteiger partial charge in [0, 0.05) is 66.0 Å². The Labute approximate surface area is 462 Å². The SMILES string of the molecule is CCOC(C)=O.Nc1nccc(-c2c[nH]c3nccc(N4C[C@@H]5OC(=O)O[C@@H]5C4)c23)n1.O=C(OCc1ccccc1)N1C[C@@H](O)[C@@H](O)C1.O=C1O[C@H]2CN(C(=O)OCc3ccccc3)C[C@H]2O1.O=C1O[C@H]2CNC[C@H]2O1.[CH3-].[HH].[Pd]. The van der Waals surface area contributed by atoms with Gasteiger partial charge in [0.05, 0.1) is 74.9 Å². The summed E-state index contributed by atoms with van der Waals surface area (Å²) in [7, 11) is 0. The summed E-state index contributed by atoms with van der Waals surface area (Å²) in [5.41, 5.74) is 10.9. The molecule has 2 amide bonds. The normalized spacial score (nSPS) is 23.4. The van der Waals surface area contributed by atoms with Gasteiger partial charge in [0.15, 0.2) is 36.6 Å². The number of carbonyl (C=O) groups is 6. The Balaban J connectivity index is 0.000000192. The molecule has 7 saturated heterocycles. The first-order chi connectivity index (χ1) is 36.7. The van der Waals surface area contributed by atoms with Gasteiger partial charge in [-0.1, -0.05) is 60.7 Å². The molecule has 0 unspecified atom stereocenters. The zero-order valence-corrected chi connectivity index (χ0v) is 44.2. The van der Waals surface area contributed by atoms with Gasteiger partial charge in [-0.3, -0.25) is 4.79 Å². The van der Waals surface area contributed by atoms with Crippen molar-refractivity contribution in [2.24, 2.45) is 0 Å². The topological polar surface area (TPSA) is 328 Å². The number of aromatic amines is 1. The van der Waals surface area contributed by atoms with E-state index in [2.05, 4.69) is 34.9 Å². The maximum Gasteiger partial charge on any atom is 0.509 e. The van der Waals surface area contributed by atoms with Crippen molar-refractivity contribution in [3.63, 3.8) is 0 Å². The third-order valence-corrected chi connectivity index (χ3v) is 12.4. The summed E-state index contributed by atoms with van der Waals surface area (Å²) in [5.74, 6) is 0.00538. The van der Waals surface area contributed by atoms with Crippen LogP contribution in [0, 0.1) is 7.43 Å². The number of anilines is 2. The molecule has 0 saturated carbocycles. The van der Waals surface area contributed by atoms with E-state index in [0.29, 0.717) is 32.8 Å². The van der Waals surface area contributed by atoms with Crippen molar-refractivity contribution in [3.8, 4) is 11.3 Å². The molecule has 26 nitrogen and oxygen atoms in total. The van der Waals surface area contributed by atoms with Gasteiger partial charge in [0.2, 0.25) is 5.95 Å². The molecule has 3 aromatic heterocycles. The van der Waals surface area contributed by atoms with Crippen LogP contribution in [-0.2, 0) is 81.1 Å². The van der Waals surface area contributed by atoms with Gasteiger partial charge in [0.1, 0.15) is 18.9 Å². The number of benzene rings is 2. The van der Waals surface area contributed by atoms with Gasteiger partial charge < -0.3 is 91.0 Å². The number of nitrogens with one attached hydrogen (secondary N) is 2. The van der Waals surface area contributed by atoms with Gasteiger partial charge in [-0.15, -0.1) is 0 Å². The van der Waals surface area contributed by atoms with E-state index in [0.717, 1.165) is 52.2 Å². The van der Waals surface area contributed by atoms with Crippen molar-refractivity contribution in [3.05, 3.63) is 110 Å². The van der Waals surface area contributed by atoms with Gasteiger partial charge in [-0.25, -0.2) is 38.9 Å². The first-order valence-corrected chi connectivity index (χ1v) is 24.2. The fraction of sp³-hybridized carbons (Fsp3) is 0.412. The fourth-order valence-corrected chi connectivity index (χ4v) is 8.75. The minimum Gasteiger partial charge on any atom is -0.466 e. The Morgan fingerprint density at radius 2 is 1.13 bits per heavy atom. The standard InChI is InChI=1S/C16H14N6O3.C13H13NO5.C12H15NO4.C5H7NO3.C4H8O2.CH3.Pd.H2/c17-15-19-3-1-9(21-15)8-5-20-14-13(8)10(2-4-18-14)22-6-11-12(7-22)25-16(23)24-11;15-12(17-8-9-4-2-1-3-5-9)14-6-10-11(7-14)19-13(16)18-10;14-10-6-13(7-11(10)15)12(16)17-8-9-4-2-1-3-5-9;7-5-8-3-1-6-2-4(3)9-5;1-3-6-4(2)5;;;/h1-5,11-12H,6-7H2,(H,18,20)(H2,17,19,21);1-5,10-11H,6-8H2;1-5,10-11,14-15H,6-8H2;3-4,6H,1-2H2;3H2,1-2H3;1H3;;1H/q;;;;;-1;;/t11-,12+;2*10-,11+;3-,4+;;;;. The Kier molecular flexibility index (Phi) is 21.3. The van der Waals surface area contributed by atoms with Crippen molar-refractivity contribution in [2.45, 2.75) is 75.9 Å². The van der Waals surface area contributed by atoms with Crippen LogP contribution in [0.15, 0.2) is 91.4 Å². The number of nitrogens with zero attached hydrogens (tertiary/aromatic N) is 6. The number of hydrogen-bond acceptors (Lipinski definition) is 23. The predicted molar refractivity (Wildman–Crippen MR) is 271 cm³/mol. The number of amides is 2. The van der Waals surface area contributed by atoms with Gasteiger partial charge in [0.25, 0.3) is 0 Å². The van der Waals surface area contributed by atoms with Crippen LogP contribution in [0.2, 0.25) is 0 Å². The van der Waals surface area contributed by atoms with Crippen LogP contribution in [0.3, 0.4) is 0 Å². The van der Waals surface area contributed by atoms with E-state index in [-0.39, 0.29) is 104 Å². The van der Waals surface area contributed by atoms with E-state index in [1.54, 1.807) is 25.4 Å². The van der Waals surface area contributed by atoms with Crippen LogP contribution in [0.5, 0.6) is 0 Å². The van der Waals surface area contributed by atoms with Gasteiger partial charge in [-0.2, -0.15) is 0 Å². The molecule has 0 radical (unpaired) electrons. The zero-order chi connectivity index (χ0) is 53.7. The summed E-state index contributed by atoms with van der Waals surface area (Å²) in [4.78, 5) is 86.5. The minimum absolute atomic E-state index is 0. The molecule has 424 valence electrons. The van der Waals surface area contributed by atoms with Crippen molar-refractivity contribution >= 4 is 59.3 Å². The van der Waals surface area contributed by atoms with Crippen molar-refractivity contribution in [1.82, 2.24) is 35.1 Å². The fourth-order valence-electron chi connectivity index (χ4n) is 8.75. The zero-order valence-electron chi connectivity index (χ0n) is 42.7. The van der Waals surface area contributed by atoms with Crippen LogP contribution >= 0.6 is 0 Å². The Morgan fingerprint density at radius 3 is 1.59 bits per heavy atom. The number of nitrogens with two attached hydrogens (primary N) is 1. The minimum atomic E-state index is -0.876. The molecule has 27 heteroatoms. The van der Waals surface area contributed by atoms with Crippen molar-refractivity contribution in [2.75, 3.05) is 69.6 Å². The number of aliphatic hydroxyl groups is 2. The van der Waals surface area contributed by atoms with E-state index in [9.17, 15) is 39.0 Å². The second kappa shape index (κ2) is 28.0. The van der Waals surface area contributed by atoms with Crippen LogP contribution in [0.1, 0.15) is 26.4 Å². The first-order valence-electron chi connectivity index (χ1n) is 24.2. The average molecular weight is 1180 g/mol. The number of hydrogen-bond donors (Lipinski definition) is 5. The molecule has 2 aromatic carbocycles. The molecule has 7 aliphatic heterocycles. The average Bonchev–Trinajstić information content (AvgIpc) is 4.39. The van der Waals surface area contributed by atoms with Crippen LogP contribution in [0.4, 0.5) is 35.6 Å². The summed E-state index contributed by atoms with van der Waals surface area (Å²) < 4.78 is 44.4. The largest absolute Gasteiger partial charge is 0.509 e. The number of likely N-dealkylation sites (tertiary alicyclic amines) is 2. The first kappa shape index (κ1) is 59.4. The number of esters is 1. The van der Waals surface area contributed by atoms with E-state index in [4.69, 9.17) is 43.6 Å². The van der Waals surface area contributed by atoms with Gasteiger partial charge in [-0.05, 0) is 30.2 Å². The summed E-state index contributed by atoms with van der Waals surface area (Å²) in [6, 6.07) is 22.5. The molecule has 0 spiro atoms. The number of rotatable bonds is 7. The van der Waals surface area contributed by atoms with E-state index in [1.807, 2.05) is 72.9 Å². The molecular formula is C51H62N9O17Pd-. The quantitative estimate of drug-likeness (QED) is 0.0666. The van der Waals surface area contributed by atoms with Crippen molar-refractivity contribution < 1.29 is 103 Å². The molecule has 7 fully saturated rings. The molecule has 78 heavy (non-hydrogen) atoms. The second-order valence-corrected chi connectivity index (χ2v) is 17.8. The van der Waals surface area contributed by atoms with Crippen molar-refractivity contribution in [1.29, 1.82) is 0 Å². The Bertz CT molecular complexity index is 2770. The molecule has 0 bridgehead atoms. The number of nitrogen functional groups attached to an aromatic ring is 1. The summed E-state index contributed by atoms with van der Waals surface area (Å²) in [6.45, 7) is 7.58. The molecule has 8 atom stereocenters. The van der Waals surface area contributed by atoms with Gasteiger partial charge >= 0.3 is 36.6 Å². The number of aliphatic hydroxyl groups excluding tert-OH is 2. The Morgan fingerprint density at radius 1 is 0.667 bits per heavy atom. The van der Waals surface area contributed by atoms with Crippen LogP contribution < -0.4 is 16.0 Å². The monoisotopic (exact) mass is 1180 g/mol. The number of carbonyl (C=O) groups excluding carboxylic acids is 6. The summed E-state index contributed by atoms with van der Waals surface area (Å²) >= 11 is 0. The summed E-state index contributed by atoms with van der Waals surface area (Å²) in [6.07, 6.45) is -0.499. The third kappa shape index (κ3) is 15.7. The number of ether oxygens (including phenoxy) is 9. The van der Waals surface area contributed by atoms with E-state index in [1.165, 1.54) is 16.7 Å². The second-order valence-electron chi connectivity index (χ2n) is 17.8. The molecular weight excluding hydrogens is 1120 g/mol. The Hall–Kier alpha value is -7.83. The third-order valence-electron chi connectivity index (χ3n) is 12.4. The summed E-state index contributed by atoms with van der Waals surface area (Å²) in [5, 5.41) is 22.6. The van der Waals surface area contributed by atoms with Crippen LogP contribution in [0.25, 0.3) is 22.3 Å². The van der Waals surface area contributed by atoms with Crippen LogP contribution in [-0.4, -0.2) is 184 Å². The molecule has 5 aromatic rings. The van der Waals surface area contributed by atoms with E-state index < -0.39 is 42.9 Å². The maximum atomic E-state index is 11.8. The number of fused-ring (bicyclic) bond motifs is 4. The molecule has 6 N–H and O–H groups in total. The molecule has 10 heterocycles.